The van der Waals surface area contributed by atoms with Gasteiger partial charge in [-0.1, -0.05) is 37.0 Å². The third-order valence-corrected chi connectivity index (χ3v) is 4.38. The van der Waals surface area contributed by atoms with Crippen molar-refractivity contribution < 1.29 is 14.7 Å². The molecule has 0 aromatic rings. The fourth-order valence-electron chi connectivity index (χ4n) is 2.89. The lowest BCUT2D eigenvalue weighted by atomic mass is 9.90. The molecule has 19 heavy (non-hydrogen) atoms. The molecule has 2 atom stereocenters. The van der Waals surface area contributed by atoms with Crippen molar-refractivity contribution in [1.82, 2.24) is 0 Å². The van der Waals surface area contributed by atoms with E-state index in [2.05, 4.69) is 0 Å². The predicted octanol–water partition coefficient (Wildman–Crippen LogP) is 3.71. The van der Waals surface area contributed by atoms with E-state index in [4.69, 9.17) is 23.2 Å². The SMILES string of the molecule is CC1(C)[C@@H](C=C(Cl)Cl)[C@@H]1C(=O)C1=C(O)CCCC1=O. The highest BCUT2D eigenvalue weighted by molar-refractivity contribution is 6.55. The average Bonchev–Trinajstić information content (AvgIpc) is 2.78. The number of carbonyl (C=O) groups excluding carboxylic acids is 2. The van der Waals surface area contributed by atoms with E-state index in [1.54, 1.807) is 6.08 Å². The Bertz CT molecular complexity index is 499. The van der Waals surface area contributed by atoms with Crippen LogP contribution in [0.2, 0.25) is 0 Å². The van der Waals surface area contributed by atoms with Gasteiger partial charge in [0.25, 0.3) is 0 Å². The molecule has 0 spiro atoms. The molecule has 3 nitrogen and oxygen atoms in total. The molecule has 2 rings (SSSR count). The summed E-state index contributed by atoms with van der Waals surface area (Å²) in [5, 5.41) is 9.80. The Kier molecular flexibility index (Phi) is 3.80. The van der Waals surface area contributed by atoms with Crippen molar-refractivity contribution in [2.45, 2.75) is 33.1 Å². The van der Waals surface area contributed by atoms with Gasteiger partial charge in [-0.15, -0.1) is 0 Å². The van der Waals surface area contributed by atoms with Crippen molar-refractivity contribution in [2.24, 2.45) is 17.3 Å². The third kappa shape index (κ3) is 2.59. The molecular formula is C14H16Cl2O3. The molecule has 2 aliphatic carbocycles. The molecule has 0 unspecified atom stereocenters. The quantitative estimate of drug-likeness (QED) is 0.809. The van der Waals surface area contributed by atoms with Crippen molar-refractivity contribution in [1.29, 1.82) is 0 Å². The summed E-state index contributed by atoms with van der Waals surface area (Å²) in [6.07, 6.45) is 2.97. The van der Waals surface area contributed by atoms with Crippen LogP contribution in [0.25, 0.3) is 0 Å². The highest BCUT2D eigenvalue weighted by Gasteiger charge is 2.61. The first kappa shape index (κ1) is 14.6. The summed E-state index contributed by atoms with van der Waals surface area (Å²) < 4.78 is 0.126. The average molecular weight is 303 g/mol. The molecule has 0 aliphatic heterocycles. The van der Waals surface area contributed by atoms with Crippen LogP contribution in [0.4, 0.5) is 0 Å². The minimum atomic E-state index is -0.334. The molecule has 0 radical (unpaired) electrons. The number of allylic oxidation sites excluding steroid dienone is 3. The fourth-order valence-corrected chi connectivity index (χ4v) is 3.16. The lowest BCUT2D eigenvalue weighted by Gasteiger charge is -2.14. The standard InChI is InChI=1S/C14H16Cl2O3/c1-14(2)7(6-10(15)16)12(14)13(19)11-8(17)4-3-5-9(11)18/h6-7,12,17H,3-5H2,1-2H3/t7-,12+/m0/s1. The molecule has 0 aromatic heterocycles. The zero-order chi connectivity index (χ0) is 14.4. The first-order valence-corrected chi connectivity index (χ1v) is 7.04. The molecule has 1 saturated carbocycles. The lowest BCUT2D eigenvalue weighted by molar-refractivity contribution is -0.123. The molecule has 5 heteroatoms. The Morgan fingerprint density at radius 2 is 2.00 bits per heavy atom. The van der Waals surface area contributed by atoms with Crippen LogP contribution in [-0.4, -0.2) is 16.7 Å². The highest BCUT2D eigenvalue weighted by Crippen LogP contribution is 2.61. The maximum absolute atomic E-state index is 12.4. The van der Waals surface area contributed by atoms with Crippen LogP contribution in [0.15, 0.2) is 21.9 Å². The number of hydrogen-bond acceptors (Lipinski definition) is 3. The summed E-state index contributed by atoms with van der Waals surface area (Å²) in [7, 11) is 0. The monoisotopic (exact) mass is 302 g/mol. The first-order valence-electron chi connectivity index (χ1n) is 6.29. The van der Waals surface area contributed by atoms with Gasteiger partial charge in [-0.25, -0.2) is 0 Å². The minimum absolute atomic E-state index is 0.00841. The van der Waals surface area contributed by atoms with Gasteiger partial charge in [-0.2, -0.15) is 0 Å². The van der Waals surface area contributed by atoms with Crippen molar-refractivity contribution in [2.75, 3.05) is 0 Å². The number of aliphatic hydroxyl groups excluding tert-OH is 1. The Hall–Kier alpha value is -0.800. The molecule has 0 amide bonds. The Morgan fingerprint density at radius 1 is 1.37 bits per heavy atom. The van der Waals surface area contributed by atoms with E-state index in [1.807, 2.05) is 13.8 Å². The highest BCUT2D eigenvalue weighted by atomic mass is 35.5. The Morgan fingerprint density at radius 3 is 2.53 bits per heavy atom. The fraction of sp³-hybridized carbons (Fsp3) is 0.571. The van der Waals surface area contributed by atoms with E-state index in [9.17, 15) is 14.7 Å². The molecule has 0 saturated heterocycles. The van der Waals surface area contributed by atoms with Gasteiger partial charge >= 0.3 is 0 Å². The van der Waals surface area contributed by atoms with Crippen molar-refractivity contribution in [3.8, 4) is 0 Å². The van der Waals surface area contributed by atoms with Crippen LogP contribution in [0.5, 0.6) is 0 Å². The number of halogens is 2. The second kappa shape index (κ2) is 4.95. The lowest BCUT2D eigenvalue weighted by Crippen LogP contribution is -2.22. The van der Waals surface area contributed by atoms with E-state index in [0.717, 1.165) is 0 Å². The summed E-state index contributed by atoms with van der Waals surface area (Å²) in [5.41, 5.74) is -0.289. The predicted molar refractivity (Wildman–Crippen MR) is 74.1 cm³/mol. The van der Waals surface area contributed by atoms with Gasteiger partial charge in [0.15, 0.2) is 11.6 Å². The normalized spacial score (nSPS) is 29.2. The summed E-state index contributed by atoms with van der Waals surface area (Å²) in [4.78, 5) is 24.2. The molecule has 1 fully saturated rings. The van der Waals surface area contributed by atoms with Crippen molar-refractivity contribution in [3.05, 3.63) is 21.9 Å². The topological polar surface area (TPSA) is 54.4 Å². The molecule has 0 bridgehead atoms. The summed E-state index contributed by atoms with van der Waals surface area (Å²) in [6, 6.07) is 0. The number of carbonyl (C=O) groups is 2. The van der Waals surface area contributed by atoms with Gasteiger partial charge in [0.1, 0.15) is 10.3 Å². The number of Topliss-reactive ketones (excluding diaryl/α,β-unsaturated/α-hetero) is 2. The van der Waals surface area contributed by atoms with E-state index >= 15 is 0 Å². The van der Waals surface area contributed by atoms with Crippen LogP contribution in [0.1, 0.15) is 33.1 Å². The second-order valence-electron chi connectivity index (χ2n) is 5.74. The number of aliphatic hydroxyl groups is 1. The molecule has 104 valence electrons. The van der Waals surface area contributed by atoms with E-state index in [-0.39, 0.29) is 44.6 Å². The van der Waals surface area contributed by atoms with Gasteiger partial charge in [0, 0.05) is 18.8 Å². The summed E-state index contributed by atoms with van der Waals surface area (Å²) in [6.45, 7) is 3.86. The maximum Gasteiger partial charge on any atom is 0.174 e. The number of rotatable bonds is 3. The van der Waals surface area contributed by atoms with Gasteiger partial charge in [0.05, 0.1) is 5.57 Å². The number of hydrogen-bond donors (Lipinski definition) is 1. The smallest absolute Gasteiger partial charge is 0.174 e. The van der Waals surface area contributed by atoms with E-state index in [1.165, 1.54) is 0 Å². The molecule has 0 heterocycles. The van der Waals surface area contributed by atoms with Crippen LogP contribution < -0.4 is 0 Å². The summed E-state index contributed by atoms with van der Waals surface area (Å²) >= 11 is 11.3. The third-order valence-electron chi connectivity index (χ3n) is 4.13. The van der Waals surface area contributed by atoms with Crippen LogP contribution in [-0.2, 0) is 9.59 Å². The van der Waals surface area contributed by atoms with Crippen LogP contribution >= 0.6 is 23.2 Å². The zero-order valence-corrected chi connectivity index (χ0v) is 12.4. The van der Waals surface area contributed by atoms with Gasteiger partial charge in [-0.3, -0.25) is 9.59 Å². The second-order valence-corrected chi connectivity index (χ2v) is 6.75. The van der Waals surface area contributed by atoms with E-state index < -0.39 is 0 Å². The van der Waals surface area contributed by atoms with Gasteiger partial charge < -0.3 is 5.11 Å². The van der Waals surface area contributed by atoms with Crippen LogP contribution in [0.3, 0.4) is 0 Å². The van der Waals surface area contributed by atoms with Crippen molar-refractivity contribution in [3.63, 3.8) is 0 Å². The molecule has 0 aromatic carbocycles. The maximum atomic E-state index is 12.4. The van der Waals surface area contributed by atoms with Crippen molar-refractivity contribution >= 4 is 34.8 Å². The minimum Gasteiger partial charge on any atom is -0.511 e. The van der Waals surface area contributed by atoms with Gasteiger partial charge in [0.2, 0.25) is 0 Å². The molecule has 1 N–H and O–H groups in total. The Labute approximate surface area is 122 Å². The first-order chi connectivity index (χ1) is 8.76. The zero-order valence-electron chi connectivity index (χ0n) is 10.9. The largest absolute Gasteiger partial charge is 0.511 e. The van der Waals surface area contributed by atoms with Crippen LogP contribution in [0, 0.1) is 17.3 Å². The molecular weight excluding hydrogens is 287 g/mol. The Balaban J connectivity index is 2.27. The van der Waals surface area contributed by atoms with Gasteiger partial charge in [-0.05, 0) is 23.8 Å². The number of ketones is 2. The summed E-state index contributed by atoms with van der Waals surface area (Å²) in [5.74, 6) is -1.01. The van der Waals surface area contributed by atoms with E-state index in [0.29, 0.717) is 19.3 Å². The molecule has 2 aliphatic rings.